The molecule has 0 saturated heterocycles. The molecule has 1 N–H and O–H groups in total. The largest absolute Gasteiger partial charge is 0.447 e. The van der Waals surface area contributed by atoms with Gasteiger partial charge in [-0.25, -0.2) is 0 Å². The molecule has 1 saturated carbocycles. The molecule has 2 atom stereocenters. The third-order valence-corrected chi connectivity index (χ3v) is 5.91. The number of carbonyl (C=O) groups excluding carboxylic acids is 3. The van der Waals surface area contributed by atoms with Crippen molar-refractivity contribution in [3.63, 3.8) is 0 Å². The number of ether oxygens (including phenoxy) is 1. The topological polar surface area (TPSA) is 72.5 Å². The van der Waals surface area contributed by atoms with E-state index in [9.17, 15) is 14.4 Å². The predicted octanol–water partition coefficient (Wildman–Crippen LogP) is 4.70. The van der Waals surface area contributed by atoms with Gasteiger partial charge in [0.1, 0.15) is 9.75 Å². The monoisotopic (exact) mass is 419 g/mol. The molecule has 0 radical (unpaired) electrons. The number of alkyl halides is 2. The highest BCUT2D eigenvalue weighted by Gasteiger charge is 2.69. The van der Waals surface area contributed by atoms with Crippen molar-refractivity contribution in [2.75, 3.05) is 5.32 Å². The minimum Gasteiger partial charge on any atom is -0.447 e. The van der Waals surface area contributed by atoms with Gasteiger partial charge < -0.3 is 10.1 Å². The summed E-state index contributed by atoms with van der Waals surface area (Å²) < 4.78 is 4.33. The summed E-state index contributed by atoms with van der Waals surface area (Å²) in [5, 5.41) is 2.70. The van der Waals surface area contributed by atoms with E-state index in [0.717, 1.165) is 0 Å². The maximum atomic E-state index is 12.9. The van der Waals surface area contributed by atoms with Crippen LogP contribution in [0.3, 0.4) is 0 Å². The van der Waals surface area contributed by atoms with Crippen molar-refractivity contribution >= 4 is 46.5 Å². The van der Waals surface area contributed by atoms with Crippen molar-refractivity contribution in [3.8, 4) is 0 Å². The Hall–Kier alpha value is -2.37. The van der Waals surface area contributed by atoms with Crippen LogP contribution in [0.1, 0.15) is 42.3 Å². The van der Waals surface area contributed by atoms with E-state index < -0.39 is 27.7 Å². The second kappa shape index (κ2) is 7.57. The highest BCUT2D eigenvalue weighted by Crippen LogP contribution is 2.64. The maximum absolute atomic E-state index is 12.9. The van der Waals surface area contributed by atoms with Crippen LogP contribution < -0.4 is 5.32 Å². The number of hydrogen-bond donors (Lipinski definition) is 1. The molecule has 1 aliphatic rings. The van der Waals surface area contributed by atoms with Crippen LogP contribution in [-0.4, -0.2) is 22.0 Å². The van der Waals surface area contributed by atoms with Gasteiger partial charge in [0.15, 0.2) is 5.78 Å². The summed E-state index contributed by atoms with van der Waals surface area (Å²) in [7, 11) is 0. The smallest absolute Gasteiger partial charge is 0.316 e. The Balaban J connectivity index is 1.83. The zero-order valence-corrected chi connectivity index (χ0v) is 16.9. The van der Waals surface area contributed by atoms with Crippen molar-refractivity contribution in [2.45, 2.75) is 30.7 Å². The van der Waals surface area contributed by atoms with Gasteiger partial charge in [-0.05, 0) is 26.0 Å². The third kappa shape index (κ3) is 4.05. The first-order valence-electron chi connectivity index (χ1n) is 8.70. The summed E-state index contributed by atoms with van der Waals surface area (Å²) in [5.41, 5.74) is 0.342. The number of nitrogens with one attached hydrogen (secondary N) is 1. The van der Waals surface area contributed by atoms with Crippen molar-refractivity contribution < 1.29 is 19.1 Å². The number of rotatable bonds is 6. The van der Waals surface area contributed by atoms with Crippen molar-refractivity contribution in [1.82, 2.24) is 0 Å². The number of esters is 1. The van der Waals surface area contributed by atoms with Crippen LogP contribution >= 0.6 is 23.2 Å². The lowest BCUT2D eigenvalue weighted by atomic mass is 10.1. The number of hydrogen-bond acceptors (Lipinski definition) is 4. The Labute approximate surface area is 173 Å². The molecule has 5 nitrogen and oxygen atoms in total. The van der Waals surface area contributed by atoms with Crippen molar-refractivity contribution in [1.29, 1.82) is 0 Å². The van der Waals surface area contributed by atoms with Crippen LogP contribution in [0.15, 0.2) is 54.6 Å². The third-order valence-electron chi connectivity index (χ3n) is 4.81. The minimum atomic E-state index is -1.20. The van der Waals surface area contributed by atoms with Gasteiger partial charge in [0.2, 0.25) is 6.10 Å². The van der Waals surface area contributed by atoms with Crippen LogP contribution in [0.4, 0.5) is 5.69 Å². The molecular weight excluding hydrogens is 401 g/mol. The molecule has 3 rings (SSSR count). The highest BCUT2D eigenvalue weighted by atomic mass is 35.5. The van der Waals surface area contributed by atoms with E-state index in [1.54, 1.807) is 61.5 Å². The lowest BCUT2D eigenvalue weighted by Crippen LogP contribution is -2.30. The van der Waals surface area contributed by atoms with Gasteiger partial charge in [-0.2, -0.15) is 0 Å². The van der Waals surface area contributed by atoms with E-state index in [4.69, 9.17) is 27.9 Å². The van der Waals surface area contributed by atoms with E-state index in [1.807, 2.05) is 0 Å². The summed E-state index contributed by atoms with van der Waals surface area (Å²) in [5.74, 6) is -1.30. The Bertz CT molecular complexity index is 929. The molecule has 2 aromatic carbocycles. The zero-order valence-electron chi connectivity index (χ0n) is 15.4. The molecule has 1 fully saturated rings. The predicted molar refractivity (Wildman–Crippen MR) is 108 cm³/mol. The van der Waals surface area contributed by atoms with Crippen molar-refractivity contribution in [3.05, 3.63) is 65.7 Å². The number of benzene rings is 2. The van der Waals surface area contributed by atoms with E-state index in [1.165, 1.54) is 6.92 Å². The Morgan fingerprint density at radius 1 is 1.07 bits per heavy atom. The molecule has 0 unspecified atom stereocenters. The number of Topliss-reactive ketones (excluding diaryl/α,β-unsaturated/α-hetero) is 1. The van der Waals surface area contributed by atoms with Crippen LogP contribution in [0.5, 0.6) is 0 Å². The lowest BCUT2D eigenvalue weighted by Gasteiger charge is -2.21. The molecule has 0 aliphatic heterocycles. The van der Waals surface area contributed by atoms with Gasteiger partial charge in [0.05, 0.1) is 0 Å². The average Bonchev–Trinajstić information content (AvgIpc) is 3.19. The first kappa shape index (κ1) is 20.4. The molecule has 146 valence electrons. The second-order valence-corrected chi connectivity index (χ2v) is 8.52. The number of carbonyl (C=O) groups is 3. The fourth-order valence-electron chi connectivity index (χ4n) is 2.78. The highest BCUT2D eigenvalue weighted by molar-refractivity contribution is 6.53. The van der Waals surface area contributed by atoms with Crippen LogP contribution in [0, 0.1) is 5.41 Å². The van der Waals surface area contributed by atoms with E-state index in [2.05, 4.69) is 5.32 Å². The number of halogens is 2. The molecule has 2 aromatic rings. The summed E-state index contributed by atoms with van der Waals surface area (Å²) in [6.07, 6.45) is -0.928. The van der Waals surface area contributed by atoms with Crippen LogP contribution in [0.25, 0.3) is 0 Å². The normalized spacial score (nSPS) is 20.7. The van der Waals surface area contributed by atoms with Crippen molar-refractivity contribution in [2.24, 2.45) is 5.41 Å². The first-order chi connectivity index (χ1) is 13.1. The first-order valence-corrected chi connectivity index (χ1v) is 9.45. The van der Waals surface area contributed by atoms with Gasteiger partial charge in [-0.15, -0.1) is 23.2 Å². The standard InChI is InChI=1S/C21H19Cl2NO4/c1-13(25)15-9-6-10-16(11-15)24-18(26)17(14-7-4-3-5-8-14)28-19(27)20(2)12-21(20,22)23/h3-11,17H,12H2,1-2H3,(H,24,26)/t17-,20-/m0/s1. The average molecular weight is 420 g/mol. The number of ketones is 1. The number of anilines is 1. The Morgan fingerprint density at radius 3 is 2.29 bits per heavy atom. The SMILES string of the molecule is CC(=O)c1cccc(NC(=O)[C@@H](OC(=O)[C@]2(C)CC2(Cl)Cl)c2ccccc2)c1. The summed E-state index contributed by atoms with van der Waals surface area (Å²) in [4.78, 5) is 37.1. The molecular formula is C21H19Cl2NO4. The van der Waals surface area contributed by atoms with Gasteiger partial charge in [0.25, 0.3) is 5.91 Å². The fraction of sp³-hybridized carbons (Fsp3) is 0.286. The molecule has 1 aliphatic carbocycles. The zero-order chi connectivity index (χ0) is 20.5. The maximum Gasteiger partial charge on any atom is 0.316 e. The Morgan fingerprint density at radius 2 is 1.71 bits per heavy atom. The molecule has 1 amide bonds. The lowest BCUT2D eigenvalue weighted by molar-refractivity contribution is -0.159. The van der Waals surface area contributed by atoms with E-state index in [-0.39, 0.29) is 12.2 Å². The summed E-state index contributed by atoms with van der Waals surface area (Å²) in [6, 6.07) is 15.2. The van der Waals surface area contributed by atoms with Crippen LogP contribution in [-0.2, 0) is 14.3 Å². The molecule has 0 aromatic heterocycles. The van der Waals surface area contributed by atoms with E-state index >= 15 is 0 Å². The van der Waals surface area contributed by atoms with E-state index in [0.29, 0.717) is 16.8 Å². The quantitative estimate of drug-likeness (QED) is 0.418. The summed E-state index contributed by atoms with van der Waals surface area (Å²) >= 11 is 12.1. The summed E-state index contributed by atoms with van der Waals surface area (Å²) in [6.45, 7) is 3.04. The minimum absolute atomic E-state index is 0.121. The molecule has 7 heteroatoms. The van der Waals surface area contributed by atoms with Gasteiger partial charge in [0, 0.05) is 23.2 Å². The van der Waals surface area contributed by atoms with Gasteiger partial charge in [-0.1, -0.05) is 42.5 Å². The Kier molecular flexibility index (Phi) is 5.50. The van der Waals surface area contributed by atoms with Gasteiger partial charge >= 0.3 is 5.97 Å². The molecule has 0 bridgehead atoms. The molecule has 0 heterocycles. The fourth-order valence-corrected chi connectivity index (χ4v) is 3.47. The number of amides is 1. The van der Waals surface area contributed by atoms with Crippen LogP contribution in [0.2, 0.25) is 0 Å². The second-order valence-electron chi connectivity index (χ2n) is 7.04. The molecule has 28 heavy (non-hydrogen) atoms. The van der Waals surface area contributed by atoms with Gasteiger partial charge in [-0.3, -0.25) is 14.4 Å². The molecule has 0 spiro atoms.